The predicted molar refractivity (Wildman–Crippen MR) is 75.5 cm³/mol. The van der Waals surface area contributed by atoms with E-state index in [-0.39, 0.29) is 0 Å². The van der Waals surface area contributed by atoms with E-state index in [1.165, 1.54) is 0 Å². The van der Waals surface area contributed by atoms with Gasteiger partial charge in [0, 0.05) is 30.6 Å². The maximum Gasteiger partial charge on any atom is 0.123 e. The molecular formula is C15H19N3O. The van der Waals surface area contributed by atoms with Gasteiger partial charge in [-0.25, -0.2) is 0 Å². The van der Waals surface area contributed by atoms with Crippen molar-refractivity contribution in [2.75, 3.05) is 27.2 Å². The van der Waals surface area contributed by atoms with Crippen molar-refractivity contribution in [1.82, 2.24) is 4.90 Å². The van der Waals surface area contributed by atoms with Crippen LogP contribution in [0.2, 0.25) is 0 Å². The maximum atomic E-state index is 8.59. The molecule has 0 aliphatic carbocycles. The number of hydrogen-bond donors (Lipinski definition) is 1. The summed E-state index contributed by atoms with van der Waals surface area (Å²) in [6, 6.07) is 7.98. The van der Waals surface area contributed by atoms with Gasteiger partial charge in [0.1, 0.15) is 5.75 Å². The number of nitriles is 1. The lowest BCUT2D eigenvalue weighted by Crippen LogP contribution is -2.19. The van der Waals surface area contributed by atoms with E-state index in [1.54, 1.807) is 7.11 Å². The first-order valence-corrected chi connectivity index (χ1v) is 6.12. The third-order valence-electron chi connectivity index (χ3n) is 2.66. The summed E-state index contributed by atoms with van der Waals surface area (Å²) in [5.74, 6) is 6.68. The van der Waals surface area contributed by atoms with Crippen molar-refractivity contribution in [3.63, 3.8) is 0 Å². The molecular weight excluding hydrogens is 238 g/mol. The van der Waals surface area contributed by atoms with Gasteiger partial charge in [-0.3, -0.25) is 0 Å². The molecule has 0 spiro atoms. The molecule has 0 fully saturated rings. The van der Waals surface area contributed by atoms with E-state index in [9.17, 15) is 0 Å². The molecule has 0 bridgehead atoms. The van der Waals surface area contributed by atoms with Crippen LogP contribution in [0, 0.1) is 23.2 Å². The highest BCUT2D eigenvalue weighted by molar-refractivity contribution is 5.44. The van der Waals surface area contributed by atoms with E-state index in [1.807, 2.05) is 25.2 Å². The summed E-state index contributed by atoms with van der Waals surface area (Å²) in [5.41, 5.74) is 7.36. The van der Waals surface area contributed by atoms with Crippen LogP contribution in [-0.4, -0.2) is 32.1 Å². The Labute approximate surface area is 114 Å². The lowest BCUT2D eigenvalue weighted by molar-refractivity contribution is 0.324. The Kier molecular flexibility index (Phi) is 6.46. The number of nitrogens with zero attached hydrogens (tertiary/aromatic N) is 2. The van der Waals surface area contributed by atoms with Crippen molar-refractivity contribution in [2.24, 2.45) is 5.73 Å². The molecule has 4 heteroatoms. The van der Waals surface area contributed by atoms with Gasteiger partial charge in [-0.1, -0.05) is 11.8 Å². The van der Waals surface area contributed by atoms with Gasteiger partial charge in [0.2, 0.25) is 0 Å². The summed E-state index contributed by atoms with van der Waals surface area (Å²) < 4.78 is 5.35. The van der Waals surface area contributed by atoms with Crippen LogP contribution >= 0.6 is 0 Å². The monoisotopic (exact) mass is 257 g/mol. The van der Waals surface area contributed by atoms with Gasteiger partial charge in [0.15, 0.2) is 0 Å². The van der Waals surface area contributed by atoms with Crippen LogP contribution < -0.4 is 10.5 Å². The average Bonchev–Trinajstić information content (AvgIpc) is 2.43. The Morgan fingerprint density at radius 2 is 2.21 bits per heavy atom. The Morgan fingerprint density at radius 1 is 1.42 bits per heavy atom. The molecule has 0 atom stereocenters. The lowest BCUT2D eigenvalue weighted by atomic mass is 10.1. The number of nitrogens with two attached hydrogens (primary N) is 1. The molecule has 0 saturated heterocycles. The third kappa shape index (κ3) is 5.01. The average molecular weight is 257 g/mol. The number of benzene rings is 1. The number of ether oxygens (including phenoxy) is 1. The van der Waals surface area contributed by atoms with Crippen molar-refractivity contribution in [1.29, 1.82) is 5.26 Å². The Bertz CT molecular complexity index is 508. The minimum absolute atomic E-state index is 0.351. The van der Waals surface area contributed by atoms with E-state index >= 15 is 0 Å². The van der Waals surface area contributed by atoms with Crippen molar-refractivity contribution in [2.45, 2.75) is 13.0 Å². The Hall–Kier alpha value is -2.01. The van der Waals surface area contributed by atoms with Crippen LogP contribution in [0.25, 0.3) is 0 Å². The minimum atomic E-state index is 0.351. The van der Waals surface area contributed by atoms with Gasteiger partial charge < -0.3 is 15.4 Å². The summed E-state index contributed by atoms with van der Waals surface area (Å²) in [6.07, 6.45) is 0.519. The summed E-state index contributed by atoms with van der Waals surface area (Å²) in [5, 5.41) is 8.59. The van der Waals surface area contributed by atoms with Crippen LogP contribution in [0.1, 0.15) is 17.5 Å². The summed E-state index contributed by atoms with van der Waals surface area (Å²) in [6.45, 7) is 1.81. The van der Waals surface area contributed by atoms with Gasteiger partial charge in [0.05, 0.1) is 19.7 Å². The van der Waals surface area contributed by atoms with Crippen LogP contribution in [0.4, 0.5) is 0 Å². The first kappa shape index (κ1) is 15.0. The minimum Gasteiger partial charge on any atom is -0.496 e. The van der Waals surface area contributed by atoms with Gasteiger partial charge in [-0.05, 0) is 25.2 Å². The molecule has 19 heavy (non-hydrogen) atoms. The molecule has 4 nitrogen and oxygen atoms in total. The molecule has 0 aliphatic heterocycles. The molecule has 0 heterocycles. The first-order chi connectivity index (χ1) is 9.21. The molecule has 0 saturated carbocycles. The van der Waals surface area contributed by atoms with Crippen molar-refractivity contribution >= 4 is 0 Å². The molecule has 100 valence electrons. The molecule has 1 aromatic rings. The fourth-order valence-corrected chi connectivity index (χ4v) is 1.74. The first-order valence-electron chi connectivity index (χ1n) is 6.12. The number of rotatable bonds is 5. The molecule has 0 radical (unpaired) electrons. The molecule has 0 aromatic heterocycles. The standard InChI is InChI=1S/C15H19N3O/c1-18(10-4-9-17)12-14-11-13(5-3-8-16)6-7-15(14)19-2/h6-7,11H,4,8,10,12,16H2,1-2H3. The zero-order valence-corrected chi connectivity index (χ0v) is 11.4. The van der Waals surface area contributed by atoms with Gasteiger partial charge >= 0.3 is 0 Å². The Morgan fingerprint density at radius 3 is 2.84 bits per heavy atom. The van der Waals surface area contributed by atoms with E-state index in [4.69, 9.17) is 15.7 Å². The molecule has 0 unspecified atom stereocenters. The topological polar surface area (TPSA) is 62.3 Å². The molecule has 1 aromatic carbocycles. The van der Waals surface area contributed by atoms with Crippen LogP contribution in [-0.2, 0) is 6.54 Å². The summed E-state index contributed by atoms with van der Waals surface area (Å²) in [7, 11) is 3.63. The molecule has 2 N–H and O–H groups in total. The SMILES string of the molecule is COc1ccc(C#CCN)cc1CN(C)CCC#N. The molecule has 0 amide bonds. The summed E-state index contributed by atoms with van der Waals surface area (Å²) in [4.78, 5) is 2.08. The molecule has 0 aliphatic rings. The van der Waals surface area contributed by atoms with Crippen LogP contribution in [0.5, 0.6) is 5.75 Å². The van der Waals surface area contributed by atoms with Crippen molar-refractivity contribution < 1.29 is 4.74 Å². The molecule has 1 rings (SSSR count). The van der Waals surface area contributed by atoms with E-state index in [0.29, 0.717) is 13.0 Å². The van der Waals surface area contributed by atoms with Crippen molar-refractivity contribution in [3.8, 4) is 23.7 Å². The van der Waals surface area contributed by atoms with Gasteiger partial charge in [0.25, 0.3) is 0 Å². The highest BCUT2D eigenvalue weighted by Crippen LogP contribution is 2.21. The normalized spacial score (nSPS) is 9.63. The maximum absolute atomic E-state index is 8.59. The second-order valence-corrected chi connectivity index (χ2v) is 4.18. The highest BCUT2D eigenvalue weighted by Gasteiger charge is 2.07. The predicted octanol–water partition coefficient (Wildman–Crippen LogP) is 1.35. The van der Waals surface area contributed by atoms with E-state index in [2.05, 4.69) is 22.8 Å². The van der Waals surface area contributed by atoms with Crippen molar-refractivity contribution in [3.05, 3.63) is 29.3 Å². The second kappa shape index (κ2) is 8.16. The smallest absolute Gasteiger partial charge is 0.123 e. The highest BCUT2D eigenvalue weighted by atomic mass is 16.5. The summed E-state index contributed by atoms with van der Waals surface area (Å²) >= 11 is 0. The van der Waals surface area contributed by atoms with E-state index < -0.39 is 0 Å². The lowest BCUT2D eigenvalue weighted by Gasteiger charge is -2.17. The zero-order valence-electron chi connectivity index (χ0n) is 11.4. The number of hydrogen-bond acceptors (Lipinski definition) is 4. The fraction of sp³-hybridized carbons (Fsp3) is 0.400. The zero-order chi connectivity index (χ0) is 14.1. The fourth-order valence-electron chi connectivity index (χ4n) is 1.74. The Balaban J connectivity index is 2.87. The van der Waals surface area contributed by atoms with Crippen LogP contribution in [0.3, 0.4) is 0 Å². The largest absolute Gasteiger partial charge is 0.496 e. The quantitative estimate of drug-likeness (QED) is 0.809. The van der Waals surface area contributed by atoms with Gasteiger partial charge in [-0.2, -0.15) is 5.26 Å². The number of methoxy groups -OCH3 is 1. The van der Waals surface area contributed by atoms with E-state index in [0.717, 1.165) is 30.0 Å². The van der Waals surface area contributed by atoms with Gasteiger partial charge in [-0.15, -0.1) is 0 Å². The third-order valence-corrected chi connectivity index (χ3v) is 2.66. The second-order valence-electron chi connectivity index (χ2n) is 4.18. The van der Waals surface area contributed by atoms with Crippen LogP contribution in [0.15, 0.2) is 18.2 Å².